The van der Waals surface area contributed by atoms with Gasteiger partial charge in [0.05, 0.1) is 11.0 Å². The quantitative estimate of drug-likeness (QED) is 0.121. The zero-order valence-electron chi connectivity index (χ0n) is 60.6. The lowest BCUT2D eigenvalue weighted by molar-refractivity contribution is 0.631. The van der Waals surface area contributed by atoms with Crippen LogP contribution in [0.1, 0.15) is 49.9 Å². The molecule has 0 radical (unpaired) electrons. The molecule has 0 unspecified atom stereocenters. The first-order chi connectivity index (χ1) is 53.1. The average Bonchev–Trinajstić information content (AvgIpc) is 1.37. The molecule has 0 saturated heterocycles. The van der Waals surface area contributed by atoms with Gasteiger partial charge in [0.15, 0.2) is 0 Å². The van der Waals surface area contributed by atoms with Crippen LogP contribution in [0.15, 0.2) is 387 Å². The molecule has 17 aromatic carbocycles. The number of rotatable bonds is 11. The van der Waals surface area contributed by atoms with Crippen molar-refractivity contribution in [2.75, 3.05) is 9.80 Å². The molecule has 512 valence electrons. The number of benzene rings is 17. The minimum Gasteiger partial charge on any atom is -0.456 e. The van der Waals surface area contributed by atoms with Crippen LogP contribution in [0.2, 0.25) is 0 Å². The van der Waals surface area contributed by atoms with Crippen molar-refractivity contribution in [2.45, 2.75) is 38.5 Å². The Morgan fingerprint density at radius 3 is 1.12 bits per heavy atom. The highest BCUT2D eigenvalue weighted by molar-refractivity contribution is 6.26. The van der Waals surface area contributed by atoms with Gasteiger partial charge in [0, 0.05) is 72.4 Å². The fourth-order valence-electron chi connectivity index (χ4n) is 17.6. The summed E-state index contributed by atoms with van der Waals surface area (Å²) in [6, 6.07) is 139. The second-order valence-corrected chi connectivity index (χ2v) is 29.9. The summed E-state index contributed by atoms with van der Waals surface area (Å²) in [7, 11) is 0. The van der Waals surface area contributed by atoms with Gasteiger partial charge in [-0.25, -0.2) is 0 Å². The van der Waals surface area contributed by atoms with Gasteiger partial charge in [-0.2, -0.15) is 0 Å². The van der Waals surface area contributed by atoms with Gasteiger partial charge in [0.1, 0.15) is 11.3 Å². The Balaban J connectivity index is 0.000000143. The fraction of sp³-hybridized carbons (Fsp3) is 0.0577. The molecule has 4 heteroatoms. The van der Waals surface area contributed by atoms with Gasteiger partial charge < -0.3 is 18.8 Å². The summed E-state index contributed by atoms with van der Waals surface area (Å²) in [5.74, 6) is 0.870. The average molecular weight is 1380 g/mol. The molecule has 2 heterocycles. The molecule has 2 aromatic heterocycles. The summed E-state index contributed by atoms with van der Waals surface area (Å²) >= 11 is 0. The topological polar surface area (TPSA) is 24.6 Å². The van der Waals surface area contributed by atoms with E-state index >= 15 is 0 Å². The second kappa shape index (κ2) is 25.7. The molecule has 19 aromatic rings. The maximum absolute atomic E-state index is 6.24. The molecule has 0 saturated carbocycles. The lowest BCUT2D eigenvalue weighted by Gasteiger charge is -2.28. The second-order valence-electron chi connectivity index (χ2n) is 29.9. The predicted octanol–water partition coefficient (Wildman–Crippen LogP) is 28.9. The van der Waals surface area contributed by atoms with E-state index in [-0.39, 0.29) is 10.8 Å². The molecule has 0 bridgehead atoms. The highest BCUT2D eigenvalue weighted by Gasteiger charge is 2.37. The molecule has 0 aliphatic heterocycles. The Kier molecular flexibility index (Phi) is 15.2. The van der Waals surface area contributed by atoms with Crippen LogP contribution < -0.4 is 9.80 Å². The first-order valence-electron chi connectivity index (χ1n) is 37.5. The van der Waals surface area contributed by atoms with Crippen molar-refractivity contribution in [1.82, 2.24) is 4.57 Å². The van der Waals surface area contributed by atoms with E-state index in [4.69, 9.17) is 4.42 Å². The van der Waals surface area contributed by atoms with Gasteiger partial charge in [-0.1, -0.05) is 276 Å². The van der Waals surface area contributed by atoms with Crippen LogP contribution in [-0.4, -0.2) is 4.57 Å². The molecule has 21 rings (SSSR count). The number of nitrogens with zero attached hydrogens (tertiary/aromatic N) is 3. The Labute approximate surface area is 629 Å². The Bertz CT molecular complexity index is 6630. The number of hydrogen-bond donors (Lipinski definition) is 0. The van der Waals surface area contributed by atoms with Crippen LogP contribution in [0.3, 0.4) is 0 Å². The molecule has 0 spiro atoms. The highest BCUT2D eigenvalue weighted by Crippen LogP contribution is 2.53. The number of para-hydroxylation sites is 3. The number of aromatic nitrogens is 1. The third-order valence-electron chi connectivity index (χ3n) is 23.1. The standard InChI is InChI=1S/C53H38N2O.C51H37N/c1-53(2)47-17-9-7-15-43(47)44-30-29-42(34-48(44)53)54(41-27-22-36(23-28-41)52-33-38-12-6-11-19-51(38)56-52)40-25-20-35(21-26-40)37-24-31-50-46(32-37)45-16-8-10-18-49(45)55(50)39-13-4-3-5-14-39;1-51(2)49-19-11-10-18-46(49)47-31-29-40(33-50(47)51)52(38-25-20-35(21-26-38)34-12-4-3-5-13-34)39-27-22-36(23-28-39)37-24-30-45-43-16-7-6-14-41(43)42-15-8-9-17-44(42)48(45)32-37/h3-34H,1-2H3;3-33H,1-2H3. The first kappa shape index (κ1) is 64.1. The minimum absolute atomic E-state index is 0.0831. The molecular formula is C104H75N3O. The molecule has 0 atom stereocenters. The number of furan rings is 1. The van der Waals surface area contributed by atoms with Gasteiger partial charge in [0.25, 0.3) is 0 Å². The SMILES string of the molecule is CC1(C)c2ccccc2-c2ccc(N(c3ccc(-c4ccc5c(c4)c4ccccc4n5-c4ccccc4)cc3)c3ccc(-c4cc5ccccc5o4)cc3)cc21.CC1(C)c2ccccc2-c2ccc(N(c3ccc(-c4ccccc4)cc3)c3ccc(-c4ccc5c6ccccc6c6ccccc6c5c4)cc3)cc21. The summed E-state index contributed by atoms with van der Waals surface area (Å²) in [4.78, 5) is 4.78. The van der Waals surface area contributed by atoms with Crippen molar-refractivity contribution in [1.29, 1.82) is 0 Å². The summed E-state index contributed by atoms with van der Waals surface area (Å²) < 4.78 is 8.61. The van der Waals surface area contributed by atoms with Crippen LogP contribution in [-0.2, 0) is 10.8 Å². The zero-order chi connectivity index (χ0) is 72.2. The van der Waals surface area contributed by atoms with Crippen molar-refractivity contribution in [3.8, 4) is 72.6 Å². The lowest BCUT2D eigenvalue weighted by Crippen LogP contribution is -2.16. The van der Waals surface area contributed by atoms with E-state index in [9.17, 15) is 0 Å². The summed E-state index contributed by atoms with van der Waals surface area (Å²) in [6.45, 7) is 9.39. The number of hydrogen-bond acceptors (Lipinski definition) is 3. The monoisotopic (exact) mass is 1380 g/mol. The van der Waals surface area contributed by atoms with Crippen LogP contribution in [0, 0.1) is 0 Å². The van der Waals surface area contributed by atoms with E-state index in [1.165, 1.54) is 138 Å². The lowest BCUT2D eigenvalue weighted by atomic mass is 9.82. The van der Waals surface area contributed by atoms with Crippen LogP contribution >= 0.6 is 0 Å². The van der Waals surface area contributed by atoms with Crippen molar-refractivity contribution in [3.63, 3.8) is 0 Å². The van der Waals surface area contributed by atoms with Gasteiger partial charge in [-0.05, 0) is 244 Å². The molecule has 2 aliphatic carbocycles. The van der Waals surface area contributed by atoms with Crippen molar-refractivity contribution < 1.29 is 4.42 Å². The molecule has 0 fully saturated rings. The third kappa shape index (κ3) is 10.7. The fourth-order valence-corrected chi connectivity index (χ4v) is 17.6. The summed E-state index contributed by atoms with van der Waals surface area (Å²) in [5, 5.41) is 11.4. The molecular weight excluding hydrogens is 1310 g/mol. The number of fused-ring (bicyclic) bond motifs is 16. The van der Waals surface area contributed by atoms with Crippen LogP contribution in [0.25, 0.3) is 138 Å². The Hall–Kier alpha value is -13.5. The predicted molar refractivity (Wildman–Crippen MR) is 456 cm³/mol. The number of anilines is 6. The molecule has 4 nitrogen and oxygen atoms in total. The van der Waals surface area contributed by atoms with E-state index in [0.29, 0.717) is 0 Å². The van der Waals surface area contributed by atoms with Crippen molar-refractivity contribution >= 4 is 99.2 Å². The van der Waals surface area contributed by atoms with Gasteiger partial charge in [-0.3, -0.25) is 0 Å². The van der Waals surface area contributed by atoms with Crippen molar-refractivity contribution in [3.05, 3.63) is 404 Å². The van der Waals surface area contributed by atoms with Crippen LogP contribution in [0.5, 0.6) is 0 Å². The Morgan fingerprint density at radius 1 is 0.231 bits per heavy atom. The minimum atomic E-state index is -0.106. The molecule has 2 aliphatic rings. The van der Waals surface area contributed by atoms with E-state index in [0.717, 1.165) is 56.4 Å². The van der Waals surface area contributed by atoms with E-state index in [1.54, 1.807) is 0 Å². The smallest absolute Gasteiger partial charge is 0.135 e. The molecule has 0 amide bonds. The maximum Gasteiger partial charge on any atom is 0.135 e. The van der Waals surface area contributed by atoms with Gasteiger partial charge in [0.2, 0.25) is 0 Å². The molecule has 0 N–H and O–H groups in total. The van der Waals surface area contributed by atoms with Gasteiger partial charge >= 0.3 is 0 Å². The largest absolute Gasteiger partial charge is 0.456 e. The highest BCUT2D eigenvalue weighted by atomic mass is 16.3. The van der Waals surface area contributed by atoms with E-state index < -0.39 is 0 Å². The van der Waals surface area contributed by atoms with Gasteiger partial charge in [-0.15, -0.1) is 0 Å². The van der Waals surface area contributed by atoms with Crippen LogP contribution in [0.4, 0.5) is 34.1 Å². The van der Waals surface area contributed by atoms with E-state index in [1.807, 2.05) is 18.2 Å². The van der Waals surface area contributed by atoms with Crippen molar-refractivity contribution in [2.24, 2.45) is 0 Å². The van der Waals surface area contributed by atoms with E-state index in [2.05, 4.69) is 406 Å². The molecule has 108 heavy (non-hydrogen) atoms. The summed E-state index contributed by atoms with van der Waals surface area (Å²) in [6.07, 6.45) is 0. The summed E-state index contributed by atoms with van der Waals surface area (Å²) in [5.41, 5.74) is 30.1. The zero-order valence-corrected chi connectivity index (χ0v) is 60.6. The first-order valence-corrected chi connectivity index (χ1v) is 37.5. The maximum atomic E-state index is 6.24. The normalized spacial score (nSPS) is 13.0. The third-order valence-corrected chi connectivity index (χ3v) is 23.1. The Morgan fingerprint density at radius 2 is 0.593 bits per heavy atom.